The Labute approximate surface area is 118 Å². The number of rotatable bonds is 5. The van der Waals surface area contributed by atoms with Crippen LogP contribution in [0.4, 0.5) is 0 Å². The number of H-pyrrole nitrogens is 1. The van der Waals surface area contributed by atoms with Gasteiger partial charge >= 0.3 is 5.97 Å². The van der Waals surface area contributed by atoms with E-state index >= 15 is 0 Å². The summed E-state index contributed by atoms with van der Waals surface area (Å²) in [5, 5.41) is 18.7. The number of hydrogen-bond donors (Lipinski definition) is 3. The van der Waals surface area contributed by atoms with Crippen molar-refractivity contribution in [1.82, 2.24) is 15.5 Å². The number of aromatic nitrogens is 2. The van der Waals surface area contributed by atoms with Crippen molar-refractivity contribution in [1.29, 1.82) is 0 Å². The van der Waals surface area contributed by atoms with Crippen molar-refractivity contribution in [2.75, 3.05) is 0 Å². The summed E-state index contributed by atoms with van der Waals surface area (Å²) in [6, 6.07) is -0.170. The average molecular weight is 279 g/mol. The van der Waals surface area contributed by atoms with E-state index in [1.54, 1.807) is 12.4 Å². The lowest BCUT2D eigenvalue weighted by molar-refractivity contribution is -0.146. The Morgan fingerprint density at radius 3 is 2.75 bits per heavy atom. The lowest BCUT2D eigenvalue weighted by Gasteiger charge is -2.19. The third-order valence-corrected chi connectivity index (χ3v) is 4.27. The molecule has 2 unspecified atom stereocenters. The Balaban J connectivity index is 2.02. The van der Waals surface area contributed by atoms with Crippen molar-refractivity contribution >= 4 is 11.9 Å². The maximum absolute atomic E-state index is 12.3. The first-order chi connectivity index (χ1) is 9.52. The van der Waals surface area contributed by atoms with Crippen LogP contribution in [-0.2, 0) is 9.59 Å². The smallest absolute Gasteiger partial charge is 0.307 e. The quantitative estimate of drug-likeness (QED) is 0.764. The molecular weight excluding hydrogens is 258 g/mol. The Morgan fingerprint density at radius 1 is 1.50 bits per heavy atom. The number of carbonyl (C=O) groups is 2. The van der Waals surface area contributed by atoms with Gasteiger partial charge in [-0.1, -0.05) is 13.3 Å². The Kier molecular flexibility index (Phi) is 4.42. The van der Waals surface area contributed by atoms with Gasteiger partial charge in [-0.05, 0) is 25.7 Å². The van der Waals surface area contributed by atoms with Crippen LogP contribution < -0.4 is 5.32 Å². The number of hydrogen-bond acceptors (Lipinski definition) is 3. The Morgan fingerprint density at radius 2 is 2.20 bits per heavy atom. The van der Waals surface area contributed by atoms with Crippen LogP contribution in [0.15, 0.2) is 12.4 Å². The average Bonchev–Trinajstić information content (AvgIpc) is 3.07. The minimum atomic E-state index is -0.864. The van der Waals surface area contributed by atoms with Crippen LogP contribution in [0, 0.1) is 17.8 Å². The van der Waals surface area contributed by atoms with Crippen LogP contribution in [0.3, 0.4) is 0 Å². The molecule has 4 atom stereocenters. The van der Waals surface area contributed by atoms with Crippen LogP contribution in [-0.4, -0.2) is 27.2 Å². The van der Waals surface area contributed by atoms with E-state index in [4.69, 9.17) is 0 Å². The largest absolute Gasteiger partial charge is 0.481 e. The molecule has 0 radical (unpaired) electrons. The van der Waals surface area contributed by atoms with Gasteiger partial charge in [0.15, 0.2) is 0 Å². The molecule has 1 amide bonds. The molecular formula is C14H21N3O3. The summed E-state index contributed by atoms with van der Waals surface area (Å²) < 4.78 is 0. The summed E-state index contributed by atoms with van der Waals surface area (Å²) in [4.78, 5) is 23.6. The predicted octanol–water partition coefficient (Wildman–Crippen LogP) is 1.72. The molecule has 1 heterocycles. The summed E-state index contributed by atoms with van der Waals surface area (Å²) in [5.74, 6) is -1.68. The maximum atomic E-state index is 12.3. The number of aliphatic carboxylic acids is 1. The van der Waals surface area contributed by atoms with Crippen molar-refractivity contribution < 1.29 is 14.7 Å². The zero-order chi connectivity index (χ0) is 14.7. The van der Waals surface area contributed by atoms with E-state index in [1.165, 1.54) is 0 Å². The van der Waals surface area contributed by atoms with E-state index in [2.05, 4.69) is 15.5 Å². The van der Waals surface area contributed by atoms with E-state index in [0.29, 0.717) is 18.8 Å². The van der Waals surface area contributed by atoms with Gasteiger partial charge in [-0.2, -0.15) is 5.10 Å². The minimum Gasteiger partial charge on any atom is -0.481 e. The lowest BCUT2D eigenvalue weighted by Crippen LogP contribution is -2.36. The molecule has 110 valence electrons. The summed E-state index contributed by atoms with van der Waals surface area (Å²) in [6.07, 6.45) is 5.57. The summed E-state index contributed by atoms with van der Waals surface area (Å²) >= 11 is 0. The van der Waals surface area contributed by atoms with E-state index < -0.39 is 17.8 Å². The first-order valence-electron chi connectivity index (χ1n) is 7.04. The number of amides is 1. The number of carbonyl (C=O) groups excluding carboxylic acids is 1. The van der Waals surface area contributed by atoms with Gasteiger partial charge in [-0.15, -0.1) is 0 Å². The third kappa shape index (κ3) is 3.00. The molecule has 0 aliphatic heterocycles. The van der Waals surface area contributed by atoms with Gasteiger partial charge in [0, 0.05) is 11.8 Å². The zero-order valence-electron chi connectivity index (χ0n) is 11.8. The standard InChI is InChI=1S/C14H21N3O3/c1-3-9-4-11(12(5-9)14(19)20)13(18)17-8(2)10-6-15-16-7-10/h6-9,11-12H,3-5H2,1-2H3,(H,15,16)(H,17,18)(H,19,20)/t8?,9?,11-,12+/m0/s1. The molecule has 1 aliphatic rings. The molecule has 6 nitrogen and oxygen atoms in total. The zero-order valence-corrected chi connectivity index (χ0v) is 11.8. The molecule has 1 saturated carbocycles. The molecule has 1 aliphatic carbocycles. The van der Waals surface area contributed by atoms with Crippen LogP contribution >= 0.6 is 0 Å². The minimum absolute atomic E-state index is 0.165. The van der Waals surface area contributed by atoms with E-state index in [9.17, 15) is 14.7 Å². The fourth-order valence-corrected chi connectivity index (χ4v) is 2.94. The van der Waals surface area contributed by atoms with Gasteiger partial charge in [0.25, 0.3) is 0 Å². The summed E-state index contributed by atoms with van der Waals surface area (Å²) in [6.45, 7) is 3.91. The van der Waals surface area contributed by atoms with E-state index in [0.717, 1.165) is 12.0 Å². The first-order valence-corrected chi connectivity index (χ1v) is 7.04. The second-order valence-corrected chi connectivity index (χ2v) is 5.56. The molecule has 0 bridgehead atoms. The van der Waals surface area contributed by atoms with Crippen molar-refractivity contribution in [2.45, 2.75) is 39.2 Å². The van der Waals surface area contributed by atoms with Crippen LogP contribution in [0.25, 0.3) is 0 Å². The van der Waals surface area contributed by atoms with Gasteiger partial charge in [-0.25, -0.2) is 0 Å². The summed E-state index contributed by atoms with van der Waals surface area (Å²) in [7, 11) is 0. The van der Waals surface area contributed by atoms with E-state index in [-0.39, 0.29) is 11.9 Å². The number of nitrogens with one attached hydrogen (secondary N) is 2. The highest BCUT2D eigenvalue weighted by Crippen LogP contribution is 2.38. The molecule has 0 spiro atoms. The Bertz CT molecular complexity index is 472. The van der Waals surface area contributed by atoms with Crippen molar-refractivity contribution in [3.8, 4) is 0 Å². The fraction of sp³-hybridized carbons (Fsp3) is 0.643. The number of aromatic amines is 1. The molecule has 1 fully saturated rings. The van der Waals surface area contributed by atoms with Gasteiger partial charge in [-0.3, -0.25) is 14.7 Å². The van der Waals surface area contributed by atoms with Crippen LogP contribution in [0.5, 0.6) is 0 Å². The molecule has 3 N–H and O–H groups in total. The predicted molar refractivity (Wildman–Crippen MR) is 72.8 cm³/mol. The third-order valence-electron chi connectivity index (χ3n) is 4.27. The second-order valence-electron chi connectivity index (χ2n) is 5.56. The number of carboxylic acids is 1. The SMILES string of the molecule is CCC1C[C@H](C(=O)NC(C)c2cn[nH]c2)[C@H](C(=O)O)C1. The van der Waals surface area contributed by atoms with Crippen LogP contribution in [0.1, 0.15) is 44.7 Å². The highest BCUT2D eigenvalue weighted by atomic mass is 16.4. The van der Waals surface area contributed by atoms with Crippen LogP contribution in [0.2, 0.25) is 0 Å². The monoisotopic (exact) mass is 279 g/mol. The molecule has 0 aromatic carbocycles. The molecule has 1 aromatic rings. The molecule has 0 saturated heterocycles. The highest BCUT2D eigenvalue weighted by molar-refractivity contribution is 5.85. The second kappa shape index (κ2) is 6.07. The van der Waals surface area contributed by atoms with Crippen molar-refractivity contribution in [3.63, 3.8) is 0 Å². The van der Waals surface area contributed by atoms with Gasteiger partial charge in [0.05, 0.1) is 24.1 Å². The van der Waals surface area contributed by atoms with Crippen molar-refractivity contribution in [3.05, 3.63) is 18.0 Å². The summed E-state index contributed by atoms with van der Waals surface area (Å²) in [5.41, 5.74) is 0.885. The molecule has 1 aromatic heterocycles. The number of nitrogens with zero attached hydrogens (tertiary/aromatic N) is 1. The molecule has 20 heavy (non-hydrogen) atoms. The highest BCUT2D eigenvalue weighted by Gasteiger charge is 2.42. The number of carboxylic acid groups (broad SMARTS) is 1. The lowest BCUT2D eigenvalue weighted by atomic mass is 9.95. The first kappa shape index (κ1) is 14.6. The topological polar surface area (TPSA) is 95.1 Å². The van der Waals surface area contributed by atoms with Gasteiger partial charge in [0.1, 0.15) is 0 Å². The van der Waals surface area contributed by atoms with E-state index in [1.807, 2.05) is 13.8 Å². The molecule has 6 heteroatoms. The van der Waals surface area contributed by atoms with Gasteiger partial charge in [0.2, 0.25) is 5.91 Å². The van der Waals surface area contributed by atoms with Gasteiger partial charge < -0.3 is 10.4 Å². The maximum Gasteiger partial charge on any atom is 0.307 e. The normalized spacial score (nSPS) is 27.2. The fourth-order valence-electron chi connectivity index (χ4n) is 2.94. The Hall–Kier alpha value is -1.85. The van der Waals surface area contributed by atoms with Crippen molar-refractivity contribution in [2.24, 2.45) is 17.8 Å². The molecule has 2 rings (SSSR count).